The van der Waals surface area contributed by atoms with Crippen molar-refractivity contribution in [3.63, 3.8) is 0 Å². The van der Waals surface area contributed by atoms with Gasteiger partial charge < -0.3 is 4.42 Å². The second-order valence-corrected chi connectivity index (χ2v) is 18.4. The van der Waals surface area contributed by atoms with E-state index in [1.165, 1.54) is 91.8 Å². The molecule has 8 aromatic carbocycles. The van der Waals surface area contributed by atoms with Crippen molar-refractivity contribution in [2.75, 3.05) is 12.5 Å². The molecule has 1 aliphatic heterocycles. The first-order chi connectivity index (χ1) is 23.2. The minimum Gasteiger partial charge on any atom is -0.456 e. The molecule has 0 atom stereocenters. The third-order valence-electron chi connectivity index (χ3n) is 10.8. The molecule has 9 aromatic rings. The van der Waals surface area contributed by atoms with Gasteiger partial charge in [-0.05, 0) is 120 Å². The van der Waals surface area contributed by atoms with Gasteiger partial charge in [0.15, 0.2) is 0 Å². The van der Waals surface area contributed by atoms with E-state index >= 15 is 0 Å². The molecule has 232 valence electrons. The average molecular weight is 637 g/mol. The van der Waals surface area contributed by atoms with Crippen molar-refractivity contribution in [1.29, 1.82) is 0 Å². The highest BCUT2D eigenvalue weighted by atomic mass is 32.3. The third kappa shape index (κ3) is 3.70. The summed E-state index contributed by atoms with van der Waals surface area (Å²) in [5.41, 5.74) is 11.0. The summed E-state index contributed by atoms with van der Waals surface area (Å²) in [6.45, 7) is 6.80. The van der Waals surface area contributed by atoms with E-state index in [2.05, 4.69) is 161 Å². The molecule has 0 N–H and O–H groups in total. The summed E-state index contributed by atoms with van der Waals surface area (Å²) in [6.07, 6.45) is 4.95. The Hall–Kier alpha value is -5.05. The van der Waals surface area contributed by atoms with Crippen molar-refractivity contribution in [2.45, 2.75) is 36.0 Å². The summed E-state index contributed by atoms with van der Waals surface area (Å²) in [4.78, 5) is 2.97. The van der Waals surface area contributed by atoms with Crippen molar-refractivity contribution in [3.05, 3.63) is 133 Å². The standard InChI is InChI=1S/C46H36OS/c1-46(2,3)29-20-21-30-38(22-29)47-39-25-34-32(27-14-8-6-9-15-27)24-37-43-31-18-12-13-19-40(31)48(4,5)41(43)26-35-33(28-16-10-7-11-17-28)23-36(42(30)39)44(34)45(35)37/h6-26H,1-5H3. The molecule has 0 fully saturated rings. The number of hydrogen-bond acceptors (Lipinski definition) is 1. The third-order valence-corrected chi connectivity index (χ3v) is 13.7. The Bertz CT molecular complexity index is 2760. The predicted molar refractivity (Wildman–Crippen MR) is 208 cm³/mol. The molecule has 0 radical (unpaired) electrons. The van der Waals surface area contributed by atoms with Gasteiger partial charge in [0.2, 0.25) is 0 Å². The van der Waals surface area contributed by atoms with Crippen LogP contribution in [0.1, 0.15) is 26.3 Å². The van der Waals surface area contributed by atoms with E-state index in [1.807, 2.05) is 0 Å². The lowest BCUT2D eigenvalue weighted by atomic mass is 9.82. The summed E-state index contributed by atoms with van der Waals surface area (Å²) in [5, 5.41) is 10.3. The first-order valence-electron chi connectivity index (χ1n) is 16.8. The van der Waals surface area contributed by atoms with E-state index in [1.54, 1.807) is 0 Å². The molecule has 48 heavy (non-hydrogen) atoms. The van der Waals surface area contributed by atoms with E-state index in [0.29, 0.717) is 0 Å². The van der Waals surface area contributed by atoms with E-state index in [4.69, 9.17) is 4.42 Å². The zero-order valence-electron chi connectivity index (χ0n) is 27.9. The second-order valence-electron chi connectivity index (χ2n) is 14.9. The van der Waals surface area contributed by atoms with Crippen LogP contribution in [0.25, 0.3) is 87.6 Å². The second kappa shape index (κ2) is 9.52. The molecule has 0 spiro atoms. The van der Waals surface area contributed by atoms with Crippen molar-refractivity contribution < 1.29 is 4.42 Å². The van der Waals surface area contributed by atoms with Gasteiger partial charge in [0.1, 0.15) is 11.2 Å². The molecular weight excluding hydrogens is 601 g/mol. The Balaban J connectivity index is 1.48. The number of furan rings is 1. The van der Waals surface area contributed by atoms with Crippen molar-refractivity contribution in [1.82, 2.24) is 0 Å². The SMILES string of the molecule is CC(C)(C)c1ccc2c(c1)oc1cc3c(-c4ccccc4)cc4c5c(cc6c(-c7ccccc7)cc(c12)c3c64)S(C)(C)c1ccccc1-5. The highest BCUT2D eigenvalue weighted by molar-refractivity contribution is 8.33. The Morgan fingerprint density at radius 2 is 1.06 bits per heavy atom. The van der Waals surface area contributed by atoms with Crippen LogP contribution < -0.4 is 0 Å². The van der Waals surface area contributed by atoms with Crippen LogP contribution in [0.5, 0.6) is 0 Å². The van der Waals surface area contributed by atoms with Crippen molar-refractivity contribution in [2.24, 2.45) is 0 Å². The zero-order valence-corrected chi connectivity index (χ0v) is 28.8. The zero-order chi connectivity index (χ0) is 32.5. The molecule has 2 heterocycles. The van der Waals surface area contributed by atoms with Crippen LogP contribution in [0.2, 0.25) is 0 Å². The number of benzene rings is 8. The van der Waals surface area contributed by atoms with E-state index in [0.717, 1.165) is 11.2 Å². The average Bonchev–Trinajstić information content (AvgIpc) is 3.58. The summed E-state index contributed by atoms with van der Waals surface area (Å²) < 4.78 is 6.83. The maximum Gasteiger partial charge on any atom is 0.136 e. The first-order valence-corrected chi connectivity index (χ1v) is 19.3. The van der Waals surface area contributed by atoms with Gasteiger partial charge in [-0.2, -0.15) is 10.0 Å². The summed E-state index contributed by atoms with van der Waals surface area (Å²) in [5.74, 6) is 0. The van der Waals surface area contributed by atoms with Gasteiger partial charge in [-0.15, -0.1) is 0 Å². The quantitative estimate of drug-likeness (QED) is 0.172. The highest BCUT2D eigenvalue weighted by Crippen LogP contribution is 2.69. The van der Waals surface area contributed by atoms with Crippen LogP contribution in [0, 0.1) is 0 Å². The summed E-state index contributed by atoms with van der Waals surface area (Å²) in [6, 6.07) is 47.7. The highest BCUT2D eigenvalue weighted by Gasteiger charge is 2.35. The van der Waals surface area contributed by atoms with Gasteiger partial charge in [-0.25, -0.2) is 0 Å². The van der Waals surface area contributed by atoms with Crippen molar-refractivity contribution >= 4 is 64.3 Å². The van der Waals surface area contributed by atoms with Gasteiger partial charge in [0, 0.05) is 26.1 Å². The Morgan fingerprint density at radius 1 is 0.458 bits per heavy atom. The normalized spacial score (nSPS) is 14.8. The van der Waals surface area contributed by atoms with Crippen LogP contribution in [-0.4, -0.2) is 12.5 Å². The number of hydrogen-bond donors (Lipinski definition) is 0. The fourth-order valence-corrected chi connectivity index (χ4v) is 11.0. The van der Waals surface area contributed by atoms with E-state index in [9.17, 15) is 0 Å². The molecular formula is C46H36OS. The molecule has 0 saturated carbocycles. The first kappa shape index (κ1) is 28.0. The topological polar surface area (TPSA) is 13.1 Å². The fourth-order valence-electron chi connectivity index (χ4n) is 8.44. The predicted octanol–water partition coefficient (Wildman–Crippen LogP) is 13.6. The molecule has 0 unspecified atom stereocenters. The summed E-state index contributed by atoms with van der Waals surface area (Å²) in [7, 11) is -1.22. The lowest BCUT2D eigenvalue weighted by Gasteiger charge is -2.29. The van der Waals surface area contributed by atoms with Gasteiger partial charge in [0.25, 0.3) is 0 Å². The van der Waals surface area contributed by atoms with Gasteiger partial charge in [-0.3, -0.25) is 0 Å². The van der Waals surface area contributed by atoms with Gasteiger partial charge in [-0.1, -0.05) is 112 Å². The van der Waals surface area contributed by atoms with Gasteiger partial charge in [0.05, 0.1) is 0 Å². The molecule has 1 aromatic heterocycles. The van der Waals surface area contributed by atoms with Crippen LogP contribution in [-0.2, 0) is 5.41 Å². The fraction of sp³-hybridized carbons (Fsp3) is 0.130. The number of rotatable bonds is 2. The monoisotopic (exact) mass is 636 g/mol. The molecule has 0 bridgehead atoms. The largest absolute Gasteiger partial charge is 0.456 e. The lowest BCUT2D eigenvalue weighted by Crippen LogP contribution is -2.10. The van der Waals surface area contributed by atoms with E-state index < -0.39 is 10.0 Å². The Labute approximate surface area is 282 Å². The molecule has 1 nitrogen and oxygen atoms in total. The minimum absolute atomic E-state index is 0.0323. The smallest absolute Gasteiger partial charge is 0.136 e. The molecule has 2 heteroatoms. The van der Waals surface area contributed by atoms with Crippen LogP contribution in [0.3, 0.4) is 0 Å². The maximum atomic E-state index is 6.83. The minimum atomic E-state index is -1.22. The lowest BCUT2D eigenvalue weighted by molar-refractivity contribution is 0.587. The van der Waals surface area contributed by atoms with Gasteiger partial charge >= 0.3 is 0 Å². The molecule has 1 aliphatic rings. The van der Waals surface area contributed by atoms with Crippen LogP contribution >= 0.6 is 10.0 Å². The van der Waals surface area contributed by atoms with Crippen LogP contribution in [0.4, 0.5) is 0 Å². The van der Waals surface area contributed by atoms with E-state index in [-0.39, 0.29) is 5.41 Å². The Morgan fingerprint density at radius 3 is 1.75 bits per heavy atom. The molecule has 10 rings (SSSR count). The molecule has 0 saturated heterocycles. The molecule has 0 aliphatic carbocycles. The van der Waals surface area contributed by atoms with Crippen molar-refractivity contribution in [3.8, 4) is 33.4 Å². The van der Waals surface area contributed by atoms with Crippen LogP contribution in [0.15, 0.2) is 142 Å². The maximum absolute atomic E-state index is 6.83. The molecule has 0 amide bonds. The Kier molecular flexibility index (Phi) is 5.56. The number of fused-ring (bicyclic) bond motifs is 8. The summed E-state index contributed by atoms with van der Waals surface area (Å²) >= 11 is 0.